The first-order valence-electron chi connectivity index (χ1n) is 6.07. The van der Waals surface area contributed by atoms with Crippen molar-refractivity contribution < 1.29 is 0 Å². The molecule has 3 nitrogen and oxygen atoms in total. The third kappa shape index (κ3) is 3.03. The number of rotatable bonds is 3. The molecule has 4 heteroatoms. The van der Waals surface area contributed by atoms with Gasteiger partial charge in [0, 0.05) is 24.0 Å². The van der Waals surface area contributed by atoms with E-state index in [0.29, 0.717) is 6.04 Å². The van der Waals surface area contributed by atoms with E-state index in [-0.39, 0.29) is 0 Å². The average Bonchev–Trinajstić information content (AvgIpc) is 2.57. The monoisotopic (exact) mass is 239 g/mol. The van der Waals surface area contributed by atoms with Crippen LogP contribution in [0.5, 0.6) is 0 Å². The van der Waals surface area contributed by atoms with Gasteiger partial charge in [0.25, 0.3) is 0 Å². The second-order valence-corrected chi connectivity index (χ2v) is 5.57. The van der Waals surface area contributed by atoms with Crippen molar-refractivity contribution >= 4 is 11.3 Å². The quantitative estimate of drug-likeness (QED) is 0.875. The van der Waals surface area contributed by atoms with Gasteiger partial charge in [0.15, 0.2) is 0 Å². The molecule has 90 valence electrons. The van der Waals surface area contributed by atoms with Gasteiger partial charge >= 0.3 is 0 Å². The number of thiazole rings is 1. The maximum atomic E-state index is 4.31. The minimum Gasteiger partial charge on any atom is -0.315 e. The van der Waals surface area contributed by atoms with Crippen LogP contribution in [0, 0.1) is 6.92 Å². The van der Waals surface area contributed by atoms with Crippen LogP contribution >= 0.6 is 11.3 Å². The number of likely N-dealkylation sites (N-methyl/N-ethyl adjacent to an activating group) is 1. The zero-order valence-electron chi connectivity index (χ0n) is 10.2. The van der Waals surface area contributed by atoms with E-state index >= 15 is 0 Å². The molecule has 1 unspecified atom stereocenters. The summed E-state index contributed by atoms with van der Waals surface area (Å²) in [4.78, 5) is 8.19. The van der Waals surface area contributed by atoms with Gasteiger partial charge < -0.3 is 5.32 Å². The number of nitrogens with one attached hydrogen (secondary N) is 1. The summed E-state index contributed by atoms with van der Waals surface area (Å²) in [5, 5.41) is 3.52. The predicted octanol–water partition coefficient (Wildman–Crippen LogP) is 2.03. The van der Waals surface area contributed by atoms with Crippen molar-refractivity contribution in [3.63, 3.8) is 0 Å². The predicted molar refractivity (Wildman–Crippen MR) is 68.8 cm³/mol. The van der Waals surface area contributed by atoms with Crippen molar-refractivity contribution in [1.29, 1.82) is 0 Å². The highest BCUT2D eigenvalue weighted by molar-refractivity contribution is 7.09. The summed E-state index contributed by atoms with van der Waals surface area (Å²) in [5.74, 6) is 0. The van der Waals surface area contributed by atoms with Crippen molar-refractivity contribution in [3.8, 4) is 0 Å². The number of nitrogens with zero attached hydrogens (tertiary/aromatic N) is 2. The standard InChI is InChI=1S/C12H21N3S/c1-10-12(16-9-14-10)8-15(2)11-5-3-4-6-13-7-11/h9,11,13H,3-8H2,1-2H3. The maximum Gasteiger partial charge on any atom is 0.0798 e. The third-order valence-corrected chi connectivity index (χ3v) is 4.30. The Bertz CT molecular complexity index is 316. The number of aryl methyl sites for hydroxylation is 1. The maximum absolute atomic E-state index is 4.31. The lowest BCUT2D eigenvalue weighted by Gasteiger charge is -2.26. The lowest BCUT2D eigenvalue weighted by Crippen LogP contribution is -2.38. The van der Waals surface area contributed by atoms with Crippen molar-refractivity contribution in [2.75, 3.05) is 20.1 Å². The molecule has 0 radical (unpaired) electrons. The Labute approximate surface area is 102 Å². The van der Waals surface area contributed by atoms with Gasteiger partial charge in [-0.2, -0.15) is 0 Å². The number of hydrogen-bond acceptors (Lipinski definition) is 4. The molecule has 1 aromatic rings. The van der Waals surface area contributed by atoms with Crippen LogP contribution in [0.4, 0.5) is 0 Å². The molecule has 16 heavy (non-hydrogen) atoms. The molecular weight excluding hydrogens is 218 g/mol. The van der Waals surface area contributed by atoms with Crippen LogP contribution in [0.1, 0.15) is 29.8 Å². The molecule has 0 spiro atoms. The smallest absolute Gasteiger partial charge is 0.0798 e. The first kappa shape index (κ1) is 12.0. The van der Waals surface area contributed by atoms with Crippen LogP contribution in [0.25, 0.3) is 0 Å². The summed E-state index contributed by atoms with van der Waals surface area (Å²) in [6.07, 6.45) is 3.99. The Hall–Kier alpha value is -0.450. The molecule has 1 aliphatic rings. The zero-order valence-corrected chi connectivity index (χ0v) is 11.0. The lowest BCUT2D eigenvalue weighted by molar-refractivity contribution is 0.224. The second kappa shape index (κ2) is 5.75. The summed E-state index contributed by atoms with van der Waals surface area (Å²) in [6.45, 7) is 5.46. The highest BCUT2D eigenvalue weighted by Gasteiger charge is 2.17. The van der Waals surface area contributed by atoms with Gasteiger partial charge in [-0.05, 0) is 33.4 Å². The number of hydrogen-bond donors (Lipinski definition) is 1. The molecular formula is C12H21N3S. The highest BCUT2D eigenvalue weighted by atomic mass is 32.1. The Balaban J connectivity index is 1.91. The van der Waals surface area contributed by atoms with Gasteiger partial charge in [0.2, 0.25) is 0 Å². The van der Waals surface area contributed by atoms with Crippen molar-refractivity contribution in [2.45, 2.75) is 38.8 Å². The van der Waals surface area contributed by atoms with Crippen molar-refractivity contribution in [2.24, 2.45) is 0 Å². The highest BCUT2D eigenvalue weighted by Crippen LogP contribution is 2.17. The molecule has 1 saturated heterocycles. The molecule has 0 amide bonds. The first-order valence-corrected chi connectivity index (χ1v) is 6.95. The average molecular weight is 239 g/mol. The molecule has 1 aliphatic heterocycles. The zero-order chi connectivity index (χ0) is 11.4. The lowest BCUT2D eigenvalue weighted by atomic mass is 10.1. The van der Waals surface area contributed by atoms with Gasteiger partial charge in [-0.3, -0.25) is 4.90 Å². The minimum atomic E-state index is 0.684. The normalized spacial score (nSPS) is 22.3. The molecule has 2 rings (SSSR count). The van der Waals surface area contributed by atoms with Gasteiger partial charge in [0.1, 0.15) is 0 Å². The Morgan fingerprint density at radius 1 is 1.56 bits per heavy atom. The van der Waals surface area contributed by atoms with Gasteiger partial charge in [-0.25, -0.2) is 4.98 Å². The molecule has 0 saturated carbocycles. The molecule has 1 aromatic heterocycles. The largest absolute Gasteiger partial charge is 0.315 e. The summed E-state index contributed by atoms with van der Waals surface area (Å²) in [7, 11) is 2.23. The van der Waals surface area contributed by atoms with Crippen LogP contribution in [0.3, 0.4) is 0 Å². The Morgan fingerprint density at radius 3 is 3.19 bits per heavy atom. The summed E-state index contributed by atoms with van der Waals surface area (Å²) >= 11 is 1.77. The minimum absolute atomic E-state index is 0.684. The van der Waals surface area contributed by atoms with E-state index in [0.717, 1.165) is 13.1 Å². The van der Waals surface area contributed by atoms with Crippen molar-refractivity contribution in [3.05, 3.63) is 16.1 Å². The van der Waals surface area contributed by atoms with Crippen LogP contribution in [-0.4, -0.2) is 36.1 Å². The van der Waals surface area contributed by atoms with Crippen LogP contribution in [-0.2, 0) is 6.54 Å². The molecule has 2 heterocycles. The van der Waals surface area contributed by atoms with E-state index in [9.17, 15) is 0 Å². The summed E-state index contributed by atoms with van der Waals surface area (Å²) < 4.78 is 0. The molecule has 1 fully saturated rings. The van der Waals surface area contributed by atoms with Crippen LogP contribution < -0.4 is 5.32 Å². The molecule has 0 aromatic carbocycles. The van der Waals surface area contributed by atoms with Gasteiger partial charge in [-0.1, -0.05) is 6.42 Å². The van der Waals surface area contributed by atoms with E-state index < -0.39 is 0 Å². The van der Waals surface area contributed by atoms with Crippen LogP contribution in [0.15, 0.2) is 5.51 Å². The third-order valence-electron chi connectivity index (χ3n) is 3.38. The van der Waals surface area contributed by atoms with E-state index in [1.54, 1.807) is 11.3 Å². The SMILES string of the molecule is Cc1ncsc1CN(C)C1CCCCNC1. The van der Waals surface area contributed by atoms with Crippen LogP contribution in [0.2, 0.25) is 0 Å². The molecule has 0 bridgehead atoms. The molecule has 0 aliphatic carbocycles. The van der Waals surface area contributed by atoms with E-state index in [2.05, 4.69) is 29.2 Å². The van der Waals surface area contributed by atoms with Gasteiger partial charge in [0.05, 0.1) is 11.2 Å². The van der Waals surface area contributed by atoms with E-state index in [4.69, 9.17) is 0 Å². The Morgan fingerprint density at radius 2 is 2.44 bits per heavy atom. The number of aromatic nitrogens is 1. The first-order chi connectivity index (χ1) is 7.77. The van der Waals surface area contributed by atoms with Gasteiger partial charge in [-0.15, -0.1) is 11.3 Å². The Kier molecular flexibility index (Phi) is 4.32. The second-order valence-electron chi connectivity index (χ2n) is 4.63. The van der Waals surface area contributed by atoms with E-state index in [1.165, 1.54) is 36.4 Å². The fraction of sp³-hybridized carbons (Fsp3) is 0.750. The fourth-order valence-corrected chi connectivity index (χ4v) is 3.05. The summed E-state index contributed by atoms with van der Waals surface area (Å²) in [5.41, 5.74) is 3.14. The van der Waals surface area contributed by atoms with Crippen molar-refractivity contribution in [1.82, 2.24) is 15.2 Å². The fourth-order valence-electron chi connectivity index (χ4n) is 2.21. The molecule has 1 atom stereocenters. The topological polar surface area (TPSA) is 28.2 Å². The summed E-state index contributed by atoms with van der Waals surface area (Å²) in [6, 6.07) is 0.684. The van der Waals surface area contributed by atoms with E-state index in [1.807, 2.05) is 5.51 Å². The molecule has 1 N–H and O–H groups in total.